The van der Waals surface area contributed by atoms with E-state index >= 15 is 0 Å². The number of aliphatic hydroxyl groups is 1. The van der Waals surface area contributed by atoms with Crippen LogP contribution in [0.5, 0.6) is 0 Å². The third kappa shape index (κ3) is 8.06. The van der Waals surface area contributed by atoms with Crippen molar-refractivity contribution in [2.24, 2.45) is 17.6 Å². The van der Waals surface area contributed by atoms with E-state index in [0.717, 1.165) is 38.6 Å². The SMILES string of the molecule is CC(C)CC(CN)(CC(C)C)NCCCCCO. The molecule has 0 aliphatic carbocycles. The Bertz CT molecular complexity index is 183. The molecule has 0 unspecified atom stereocenters. The van der Waals surface area contributed by atoms with Gasteiger partial charge in [-0.3, -0.25) is 0 Å². The standard InChI is InChI=1S/C15H34N2O/c1-13(2)10-15(12-16,11-14(3)4)17-8-6-5-7-9-18/h13-14,17-18H,5-12,16H2,1-4H3. The van der Waals surface area contributed by atoms with E-state index in [4.69, 9.17) is 10.8 Å². The molecule has 0 saturated heterocycles. The van der Waals surface area contributed by atoms with Gasteiger partial charge in [-0.1, -0.05) is 27.7 Å². The monoisotopic (exact) mass is 258 g/mol. The number of aliphatic hydroxyl groups excluding tert-OH is 1. The maximum atomic E-state index is 8.77. The van der Waals surface area contributed by atoms with Crippen LogP contribution in [0, 0.1) is 11.8 Å². The lowest BCUT2D eigenvalue weighted by Crippen LogP contribution is -2.53. The van der Waals surface area contributed by atoms with Crippen molar-refractivity contribution in [3.05, 3.63) is 0 Å². The third-order valence-electron chi connectivity index (χ3n) is 3.32. The van der Waals surface area contributed by atoms with E-state index in [1.165, 1.54) is 0 Å². The summed E-state index contributed by atoms with van der Waals surface area (Å²) in [5.74, 6) is 1.33. The van der Waals surface area contributed by atoms with Crippen LogP contribution in [0.2, 0.25) is 0 Å². The molecule has 0 radical (unpaired) electrons. The van der Waals surface area contributed by atoms with E-state index in [-0.39, 0.29) is 5.54 Å². The molecule has 3 nitrogen and oxygen atoms in total. The molecule has 0 aliphatic rings. The smallest absolute Gasteiger partial charge is 0.0431 e. The molecule has 0 heterocycles. The zero-order chi connectivity index (χ0) is 14.0. The van der Waals surface area contributed by atoms with Crippen LogP contribution in [0.25, 0.3) is 0 Å². The summed E-state index contributed by atoms with van der Waals surface area (Å²) in [4.78, 5) is 0. The minimum atomic E-state index is 0.0988. The molecule has 18 heavy (non-hydrogen) atoms. The van der Waals surface area contributed by atoms with Crippen LogP contribution in [0.3, 0.4) is 0 Å². The summed E-state index contributed by atoms with van der Waals surface area (Å²) in [5, 5.41) is 12.5. The average molecular weight is 258 g/mol. The van der Waals surface area contributed by atoms with Crippen LogP contribution < -0.4 is 11.1 Å². The van der Waals surface area contributed by atoms with Crippen molar-refractivity contribution in [2.45, 2.75) is 65.3 Å². The normalized spacial score (nSPS) is 12.7. The lowest BCUT2D eigenvalue weighted by molar-refractivity contribution is 0.226. The Morgan fingerprint density at radius 2 is 1.56 bits per heavy atom. The molecule has 4 N–H and O–H groups in total. The van der Waals surface area contributed by atoms with Crippen LogP contribution in [-0.2, 0) is 0 Å². The number of nitrogens with one attached hydrogen (secondary N) is 1. The molecule has 0 saturated carbocycles. The molecule has 0 amide bonds. The maximum Gasteiger partial charge on any atom is 0.0431 e. The Hall–Kier alpha value is -0.120. The van der Waals surface area contributed by atoms with E-state index < -0.39 is 0 Å². The van der Waals surface area contributed by atoms with Gasteiger partial charge < -0.3 is 16.2 Å². The lowest BCUT2D eigenvalue weighted by Gasteiger charge is -2.37. The number of hydrogen-bond donors (Lipinski definition) is 3. The summed E-state index contributed by atoms with van der Waals surface area (Å²) in [6.07, 6.45) is 5.40. The Labute approximate surface area is 114 Å². The Kier molecular flexibility index (Phi) is 9.70. The number of unbranched alkanes of at least 4 members (excludes halogenated alkanes) is 2. The van der Waals surface area contributed by atoms with E-state index in [9.17, 15) is 0 Å². The van der Waals surface area contributed by atoms with Gasteiger partial charge in [0, 0.05) is 18.7 Å². The van der Waals surface area contributed by atoms with Crippen molar-refractivity contribution < 1.29 is 5.11 Å². The first-order valence-corrected chi connectivity index (χ1v) is 7.51. The summed E-state index contributed by atoms with van der Waals surface area (Å²) in [6.45, 7) is 11.1. The summed E-state index contributed by atoms with van der Waals surface area (Å²) in [7, 11) is 0. The van der Waals surface area contributed by atoms with Crippen molar-refractivity contribution in [1.82, 2.24) is 5.32 Å². The minimum Gasteiger partial charge on any atom is -0.396 e. The molecule has 0 spiro atoms. The summed E-state index contributed by atoms with van der Waals surface area (Å²) in [5.41, 5.74) is 6.14. The van der Waals surface area contributed by atoms with Gasteiger partial charge in [0.2, 0.25) is 0 Å². The van der Waals surface area contributed by atoms with Gasteiger partial charge in [-0.15, -0.1) is 0 Å². The van der Waals surface area contributed by atoms with Crippen molar-refractivity contribution in [1.29, 1.82) is 0 Å². The largest absolute Gasteiger partial charge is 0.396 e. The second-order valence-electron chi connectivity index (χ2n) is 6.39. The molecule has 0 atom stereocenters. The second kappa shape index (κ2) is 9.76. The second-order valence-corrected chi connectivity index (χ2v) is 6.39. The molecule has 0 aliphatic heterocycles. The minimum absolute atomic E-state index is 0.0988. The first kappa shape index (κ1) is 17.9. The first-order chi connectivity index (χ1) is 8.45. The maximum absolute atomic E-state index is 8.77. The van der Waals surface area contributed by atoms with Crippen molar-refractivity contribution in [3.8, 4) is 0 Å². The Morgan fingerprint density at radius 1 is 1.00 bits per heavy atom. The zero-order valence-corrected chi connectivity index (χ0v) is 12.8. The highest BCUT2D eigenvalue weighted by molar-refractivity contribution is 4.90. The van der Waals surface area contributed by atoms with Gasteiger partial charge in [0.05, 0.1) is 0 Å². The first-order valence-electron chi connectivity index (χ1n) is 7.51. The fraction of sp³-hybridized carbons (Fsp3) is 1.00. The van der Waals surface area contributed by atoms with Gasteiger partial charge in [0.25, 0.3) is 0 Å². The lowest BCUT2D eigenvalue weighted by atomic mass is 9.81. The molecule has 0 aromatic heterocycles. The van der Waals surface area contributed by atoms with Crippen LogP contribution >= 0.6 is 0 Å². The zero-order valence-electron chi connectivity index (χ0n) is 12.8. The molecule has 0 bridgehead atoms. The molecular formula is C15H34N2O. The van der Waals surface area contributed by atoms with Gasteiger partial charge in [-0.25, -0.2) is 0 Å². The van der Waals surface area contributed by atoms with Gasteiger partial charge in [-0.05, 0) is 50.5 Å². The Morgan fingerprint density at radius 3 is 1.94 bits per heavy atom. The highest BCUT2D eigenvalue weighted by atomic mass is 16.2. The fourth-order valence-corrected chi connectivity index (χ4v) is 2.80. The highest BCUT2D eigenvalue weighted by Gasteiger charge is 2.29. The predicted molar refractivity (Wildman–Crippen MR) is 79.6 cm³/mol. The quantitative estimate of drug-likeness (QED) is 0.499. The number of nitrogens with two attached hydrogens (primary N) is 1. The van der Waals surface area contributed by atoms with E-state index in [1.807, 2.05) is 0 Å². The van der Waals surface area contributed by atoms with Crippen LogP contribution in [0.4, 0.5) is 0 Å². The molecule has 0 aromatic carbocycles. The van der Waals surface area contributed by atoms with Gasteiger partial charge in [0.15, 0.2) is 0 Å². The van der Waals surface area contributed by atoms with E-state index in [0.29, 0.717) is 25.0 Å². The number of hydrogen-bond acceptors (Lipinski definition) is 3. The van der Waals surface area contributed by atoms with E-state index in [1.54, 1.807) is 0 Å². The Balaban J connectivity index is 4.25. The summed E-state index contributed by atoms with van der Waals surface area (Å²) in [6, 6.07) is 0. The third-order valence-corrected chi connectivity index (χ3v) is 3.32. The topological polar surface area (TPSA) is 58.3 Å². The fourth-order valence-electron chi connectivity index (χ4n) is 2.80. The van der Waals surface area contributed by atoms with E-state index in [2.05, 4.69) is 33.0 Å². The predicted octanol–water partition coefficient (Wildman–Crippen LogP) is 2.53. The van der Waals surface area contributed by atoms with Crippen LogP contribution in [0.15, 0.2) is 0 Å². The average Bonchev–Trinajstić information content (AvgIpc) is 2.27. The molecule has 0 aromatic rings. The highest BCUT2D eigenvalue weighted by Crippen LogP contribution is 2.24. The number of rotatable bonds is 11. The van der Waals surface area contributed by atoms with Gasteiger partial charge >= 0.3 is 0 Å². The molecule has 0 fully saturated rings. The van der Waals surface area contributed by atoms with Crippen molar-refractivity contribution in [2.75, 3.05) is 19.7 Å². The van der Waals surface area contributed by atoms with Crippen molar-refractivity contribution in [3.63, 3.8) is 0 Å². The molecule has 3 heteroatoms. The summed E-state index contributed by atoms with van der Waals surface area (Å²) < 4.78 is 0. The van der Waals surface area contributed by atoms with Crippen LogP contribution in [0.1, 0.15) is 59.8 Å². The molecular weight excluding hydrogens is 224 g/mol. The molecule has 0 rings (SSSR count). The summed E-state index contributed by atoms with van der Waals surface area (Å²) >= 11 is 0. The van der Waals surface area contributed by atoms with Crippen molar-refractivity contribution >= 4 is 0 Å². The van der Waals surface area contributed by atoms with Gasteiger partial charge in [-0.2, -0.15) is 0 Å². The van der Waals surface area contributed by atoms with Crippen LogP contribution in [-0.4, -0.2) is 30.3 Å². The molecule has 110 valence electrons. The van der Waals surface area contributed by atoms with Gasteiger partial charge in [0.1, 0.15) is 0 Å².